The van der Waals surface area contributed by atoms with Gasteiger partial charge in [0.15, 0.2) is 5.69 Å². The highest BCUT2D eigenvalue weighted by atomic mass is 19.4. The standard InChI is InChI=1S/C7H3F3N2O3/c8-7(9,10)6(14)15-5(13)4-1-2-11-3-12-4/h1-3H. The van der Waals surface area contributed by atoms with Gasteiger partial charge in [-0.05, 0) is 6.07 Å². The number of ether oxygens (including phenoxy) is 1. The van der Waals surface area contributed by atoms with Gasteiger partial charge in [-0.3, -0.25) is 0 Å². The van der Waals surface area contributed by atoms with E-state index in [1.165, 1.54) is 0 Å². The van der Waals surface area contributed by atoms with Gasteiger partial charge >= 0.3 is 18.1 Å². The Kier molecular flexibility index (Phi) is 2.98. The van der Waals surface area contributed by atoms with Gasteiger partial charge in [-0.2, -0.15) is 13.2 Å². The zero-order valence-corrected chi connectivity index (χ0v) is 6.99. The van der Waals surface area contributed by atoms with Crippen LogP contribution in [-0.2, 0) is 9.53 Å². The molecule has 8 heteroatoms. The first-order valence-electron chi connectivity index (χ1n) is 3.50. The summed E-state index contributed by atoms with van der Waals surface area (Å²) >= 11 is 0. The van der Waals surface area contributed by atoms with E-state index >= 15 is 0 Å². The van der Waals surface area contributed by atoms with E-state index in [2.05, 4.69) is 14.7 Å². The van der Waals surface area contributed by atoms with E-state index in [-0.39, 0.29) is 0 Å². The molecule has 0 aromatic carbocycles. The average molecular weight is 220 g/mol. The zero-order valence-electron chi connectivity index (χ0n) is 6.99. The van der Waals surface area contributed by atoms with Crippen LogP contribution in [0.25, 0.3) is 0 Å². The second kappa shape index (κ2) is 4.03. The van der Waals surface area contributed by atoms with Crippen LogP contribution in [-0.4, -0.2) is 28.1 Å². The van der Waals surface area contributed by atoms with Crippen molar-refractivity contribution < 1.29 is 27.5 Å². The Bertz CT molecular complexity index is 377. The number of halogens is 3. The SMILES string of the molecule is O=C(OC(=O)C(F)(F)F)c1ccncn1. The topological polar surface area (TPSA) is 69.2 Å². The van der Waals surface area contributed by atoms with Crippen LogP contribution < -0.4 is 0 Å². The highest BCUT2D eigenvalue weighted by Gasteiger charge is 2.42. The van der Waals surface area contributed by atoms with Crippen molar-refractivity contribution in [2.45, 2.75) is 6.18 Å². The van der Waals surface area contributed by atoms with Gasteiger partial charge < -0.3 is 4.74 Å². The molecule has 0 bridgehead atoms. The predicted octanol–water partition coefficient (Wildman–Crippen LogP) is 0.722. The highest BCUT2D eigenvalue weighted by Crippen LogP contribution is 2.17. The summed E-state index contributed by atoms with van der Waals surface area (Å²) in [6, 6.07) is 1.02. The van der Waals surface area contributed by atoms with E-state index in [0.717, 1.165) is 18.6 Å². The number of hydrogen-bond acceptors (Lipinski definition) is 5. The minimum Gasteiger partial charge on any atom is -0.381 e. The molecule has 0 aliphatic carbocycles. The molecule has 0 N–H and O–H groups in total. The first kappa shape index (κ1) is 11.1. The van der Waals surface area contributed by atoms with Crippen molar-refractivity contribution in [3.8, 4) is 0 Å². The molecule has 80 valence electrons. The van der Waals surface area contributed by atoms with Crippen LogP contribution >= 0.6 is 0 Å². The molecule has 0 amide bonds. The maximum absolute atomic E-state index is 11.7. The van der Waals surface area contributed by atoms with Gasteiger partial charge in [0.05, 0.1) is 0 Å². The molecule has 1 aromatic rings. The Hall–Kier alpha value is -1.99. The van der Waals surface area contributed by atoms with Crippen LogP contribution in [0.15, 0.2) is 18.6 Å². The fourth-order valence-corrected chi connectivity index (χ4v) is 0.606. The van der Waals surface area contributed by atoms with Crippen LogP contribution in [0.5, 0.6) is 0 Å². The highest BCUT2D eigenvalue weighted by molar-refractivity contribution is 5.96. The summed E-state index contributed by atoms with van der Waals surface area (Å²) < 4.78 is 38.5. The number of nitrogens with zero attached hydrogens (tertiary/aromatic N) is 2. The van der Waals surface area contributed by atoms with Crippen molar-refractivity contribution in [2.75, 3.05) is 0 Å². The summed E-state index contributed by atoms with van der Waals surface area (Å²) in [5, 5.41) is 0. The zero-order chi connectivity index (χ0) is 11.5. The van der Waals surface area contributed by atoms with Gasteiger partial charge in [0, 0.05) is 6.20 Å². The number of aromatic nitrogens is 2. The number of hydrogen-bond donors (Lipinski definition) is 0. The van der Waals surface area contributed by atoms with Crippen molar-refractivity contribution in [1.29, 1.82) is 0 Å². The lowest BCUT2D eigenvalue weighted by atomic mass is 10.4. The lowest BCUT2D eigenvalue weighted by molar-refractivity contribution is -0.193. The first-order chi connectivity index (χ1) is 6.91. The van der Waals surface area contributed by atoms with Gasteiger partial charge in [0.25, 0.3) is 0 Å². The van der Waals surface area contributed by atoms with Crippen molar-refractivity contribution in [3.05, 3.63) is 24.3 Å². The van der Waals surface area contributed by atoms with Crippen molar-refractivity contribution in [2.24, 2.45) is 0 Å². The van der Waals surface area contributed by atoms with Crippen LogP contribution in [0.4, 0.5) is 13.2 Å². The Morgan fingerprint density at radius 1 is 1.33 bits per heavy atom. The quantitative estimate of drug-likeness (QED) is 0.515. The molecule has 5 nitrogen and oxygen atoms in total. The lowest BCUT2D eigenvalue weighted by Gasteiger charge is -2.04. The van der Waals surface area contributed by atoms with E-state index in [4.69, 9.17) is 0 Å². The van der Waals surface area contributed by atoms with Gasteiger partial charge in [-0.15, -0.1) is 0 Å². The third kappa shape index (κ3) is 3.01. The summed E-state index contributed by atoms with van der Waals surface area (Å²) in [5.74, 6) is -4.05. The maximum Gasteiger partial charge on any atom is 0.491 e. The summed E-state index contributed by atoms with van der Waals surface area (Å²) in [7, 11) is 0. The molecule has 0 radical (unpaired) electrons. The predicted molar refractivity (Wildman–Crippen MR) is 38.5 cm³/mol. The fraction of sp³-hybridized carbons (Fsp3) is 0.143. The van der Waals surface area contributed by atoms with Crippen molar-refractivity contribution >= 4 is 11.9 Å². The van der Waals surface area contributed by atoms with E-state index in [9.17, 15) is 22.8 Å². The Morgan fingerprint density at radius 2 is 2.00 bits per heavy atom. The second-order valence-corrected chi connectivity index (χ2v) is 2.27. The van der Waals surface area contributed by atoms with Crippen LogP contribution in [0, 0.1) is 0 Å². The molecule has 1 heterocycles. The number of esters is 2. The molecule has 0 saturated carbocycles. The largest absolute Gasteiger partial charge is 0.491 e. The lowest BCUT2D eigenvalue weighted by Crippen LogP contribution is -2.28. The molecule has 15 heavy (non-hydrogen) atoms. The average Bonchev–Trinajstić information content (AvgIpc) is 2.17. The number of carbonyl (C=O) groups is 2. The Labute approximate surface area is 80.9 Å². The van der Waals surface area contributed by atoms with Crippen molar-refractivity contribution in [1.82, 2.24) is 9.97 Å². The molecule has 0 aliphatic heterocycles. The minimum absolute atomic E-state index is 0.428. The fourth-order valence-electron chi connectivity index (χ4n) is 0.606. The smallest absolute Gasteiger partial charge is 0.381 e. The summed E-state index contributed by atoms with van der Waals surface area (Å²) in [6.07, 6.45) is -3.14. The molecule has 0 atom stereocenters. The molecule has 0 spiro atoms. The maximum atomic E-state index is 11.7. The molecule has 1 aromatic heterocycles. The molecule has 1 rings (SSSR count). The van der Waals surface area contributed by atoms with E-state index < -0.39 is 23.8 Å². The molecule has 0 saturated heterocycles. The Balaban J connectivity index is 2.70. The third-order valence-corrected chi connectivity index (χ3v) is 1.21. The third-order valence-electron chi connectivity index (χ3n) is 1.21. The van der Waals surface area contributed by atoms with Crippen LogP contribution in [0.1, 0.15) is 10.5 Å². The van der Waals surface area contributed by atoms with Crippen LogP contribution in [0.2, 0.25) is 0 Å². The van der Waals surface area contributed by atoms with Gasteiger partial charge in [0.1, 0.15) is 6.33 Å². The van der Waals surface area contributed by atoms with Gasteiger partial charge in [-0.1, -0.05) is 0 Å². The second-order valence-electron chi connectivity index (χ2n) is 2.27. The van der Waals surface area contributed by atoms with E-state index in [1.807, 2.05) is 0 Å². The molecule has 0 fully saturated rings. The first-order valence-corrected chi connectivity index (χ1v) is 3.50. The van der Waals surface area contributed by atoms with Crippen LogP contribution in [0.3, 0.4) is 0 Å². The van der Waals surface area contributed by atoms with E-state index in [0.29, 0.717) is 0 Å². The van der Waals surface area contributed by atoms with Gasteiger partial charge in [0.2, 0.25) is 0 Å². The molecule has 0 aliphatic rings. The normalized spacial score (nSPS) is 10.9. The summed E-state index contributed by atoms with van der Waals surface area (Å²) in [4.78, 5) is 27.8. The number of carbonyl (C=O) groups excluding carboxylic acids is 2. The Morgan fingerprint density at radius 3 is 2.47 bits per heavy atom. The molecular formula is C7H3F3N2O3. The summed E-state index contributed by atoms with van der Waals surface area (Å²) in [5.41, 5.74) is -0.428. The van der Waals surface area contributed by atoms with E-state index in [1.54, 1.807) is 0 Å². The summed E-state index contributed by atoms with van der Waals surface area (Å²) in [6.45, 7) is 0. The van der Waals surface area contributed by atoms with Crippen molar-refractivity contribution in [3.63, 3.8) is 0 Å². The van der Waals surface area contributed by atoms with Gasteiger partial charge in [-0.25, -0.2) is 19.6 Å². The number of rotatable bonds is 1. The number of alkyl halides is 3. The minimum atomic E-state index is -5.21. The monoisotopic (exact) mass is 220 g/mol. The molecule has 0 unspecified atom stereocenters. The molecular weight excluding hydrogens is 217 g/mol.